The molecule has 2 N–H and O–H groups in total. The zero-order valence-corrected chi connectivity index (χ0v) is 11.0. The monoisotopic (exact) mass is 226 g/mol. The van der Waals surface area contributed by atoms with Gasteiger partial charge < -0.3 is 5.73 Å². The standard InChI is InChI=1S/C12H22N2S/c1-5-7-9-10(6-2)15-12(14-9)11(13)8(3)4/h8,11H,5-7,13H2,1-4H3. The lowest BCUT2D eigenvalue weighted by molar-refractivity contribution is 0.511. The molecule has 0 radical (unpaired) electrons. The Morgan fingerprint density at radius 2 is 2.00 bits per heavy atom. The highest BCUT2D eigenvalue weighted by atomic mass is 32.1. The number of nitrogens with two attached hydrogens (primary N) is 1. The van der Waals surface area contributed by atoms with Crippen LogP contribution in [-0.2, 0) is 12.8 Å². The van der Waals surface area contributed by atoms with Crippen LogP contribution in [0.3, 0.4) is 0 Å². The van der Waals surface area contributed by atoms with Gasteiger partial charge in [0.15, 0.2) is 0 Å². The van der Waals surface area contributed by atoms with Gasteiger partial charge in [0.2, 0.25) is 0 Å². The van der Waals surface area contributed by atoms with Gasteiger partial charge >= 0.3 is 0 Å². The molecule has 0 amide bonds. The zero-order valence-electron chi connectivity index (χ0n) is 10.2. The van der Waals surface area contributed by atoms with E-state index in [0.717, 1.165) is 24.3 Å². The van der Waals surface area contributed by atoms with Crippen LogP contribution in [0.5, 0.6) is 0 Å². The van der Waals surface area contributed by atoms with Gasteiger partial charge in [-0.25, -0.2) is 4.98 Å². The van der Waals surface area contributed by atoms with Crippen molar-refractivity contribution in [1.82, 2.24) is 4.98 Å². The molecule has 0 aliphatic carbocycles. The molecule has 1 aromatic heterocycles. The number of nitrogens with zero attached hydrogens (tertiary/aromatic N) is 1. The topological polar surface area (TPSA) is 38.9 Å². The minimum absolute atomic E-state index is 0.103. The number of thiazole rings is 1. The van der Waals surface area contributed by atoms with Gasteiger partial charge in [0.25, 0.3) is 0 Å². The van der Waals surface area contributed by atoms with Crippen molar-refractivity contribution in [3.05, 3.63) is 15.6 Å². The first-order chi connectivity index (χ1) is 7.10. The Labute approximate surface area is 96.9 Å². The second kappa shape index (κ2) is 5.61. The quantitative estimate of drug-likeness (QED) is 0.836. The molecule has 1 unspecified atom stereocenters. The number of aryl methyl sites for hydroxylation is 2. The summed E-state index contributed by atoms with van der Waals surface area (Å²) >= 11 is 1.80. The van der Waals surface area contributed by atoms with E-state index in [-0.39, 0.29) is 6.04 Å². The maximum atomic E-state index is 6.12. The molecule has 1 aromatic rings. The molecule has 0 saturated carbocycles. The average Bonchev–Trinajstić information content (AvgIpc) is 2.60. The predicted molar refractivity (Wildman–Crippen MR) is 67.3 cm³/mol. The summed E-state index contributed by atoms with van der Waals surface area (Å²) in [7, 11) is 0. The second-order valence-corrected chi connectivity index (χ2v) is 5.41. The summed E-state index contributed by atoms with van der Waals surface area (Å²) in [6.07, 6.45) is 3.33. The maximum absolute atomic E-state index is 6.12. The van der Waals surface area contributed by atoms with Gasteiger partial charge in [-0.3, -0.25) is 0 Å². The highest BCUT2D eigenvalue weighted by molar-refractivity contribution is 7.11. The Hall–Kier alpha value is -0.410. The molecule has 1 heterocycles. The Bertz CT molecular complexity index is 305. The molecule has 0 bridgehead atoms. The Morgan fingerprint density at radius 1 is 1.33 bits per heavy atom. The van der Waals surface area contributed by atoms with Gasteiger partial charge in [0.1, 0.15) is 5.01 Å². The number of hydrogen-bond acceptors (Lipinski definition) is 3. The predicted octanol–water partition coefficient (Wildman–Crippen LogP) is 3.31. The van der Waals surface area contributed by atoms with Gasteiger partial charge in [-0.2, -0.15) is 0 Å². The third-order valence-electron chi connectivity index (χ3n) is 2.61. The van der Waals surface area contributed by atoms with Crippen LogP contribution in [0.15, 0.2) is 0 Å². The normalized spacial score (nSPS) is 13.5. The summed E-state index contributed by atoms with van der Waals surface area (Å²) in [4.78, 5) is 6.10. The van der Waals surface area contributed by atoms with Crippen molar-refractivity contribution >= 4 is 11.3 Å². The van der Waals surface area contributed by atoms with Gasteiger partial charge in [-0.15, -0.1) is 11.3 Å². The van der Waals surface area contributed by atoms with Crippen molar-refractivity contribution in [2.24, 2.45) is 11.7 Å². The first-order valence-electron chi connectivity index (χ1n) is 5.84. The molecule has 0 aliphatic heterocycles. The molecule has 0 saturated heterocycles. The number of aromatic nitrogens is 1. The Morgan fingerprint density at radius 3 is 2.47 bits per heavy atom. The molecule has 2 nitrogen and oxygen atoms in total. The summed E-state index contributed by atoms with van der Waals surface area (Å²) < 4.78 is 0. The molecule has 1 rings (SSSR count). The van der Waals surface area contributed by atoms with E-state index in [4.69, 9.17) is 5.73 Å². The molecule has 0 aromatic carbocycles. The average molecular weight is 226 g/mol. The van der Waals surface area contributed by atoms with E-state index in [2.05, 4.69) is 32.7 Å². The van der Waals surface area contributed by atoms with E-state index in [0.29, 0.717) is 5.92 Å². The van der Waals surface area contributed by atoms with Crippen molar-refractivity contribution < 1.29 is 0 Å². The lowest BCUT2D eigenvalue weighted by atomic mass is 10.1. The van der Waals surface area contributed by atoms with Gasteiger partial charge in [-0.05, 0) is 18.8 Å². The van der Waals surface area contributed by atoms with Crippen molar-refractivity contribution in [3.8, 4) is 0 Å². The second-order valence-electron chi connectivity index (χ2n) is 4.30. The molecule has 86 valence electrons. The molecule has 0 fully saturated rings. The third kappa shape index (κ3) is 3.02. The van der Waals surface area contributed by atoms with E-state index >= 15 is 0 Å². The van der Waals surface area contributed by atoms with Crippen LogP contribution < -0.4 is 5.73 Å². The van der Waals surface area contributed by atoms with Crippen LogP contribution in [0, 0.1) is 5.92 Å². The fourth-order valence-corrected chi connectivity index (χ4v) is 2.77. The van der Waals surface area contributed by atoms with Crippen LogP contribution in [0.4, 0.5) is 0 Å². The zero-order chi connectivity index (χ0) is 11.4. The molecule has 0 aliphatic rings. The van der Waals surface area contributed by atoms with E-state index in [1.165, 1.54) is 10.6 Å². The van der Waals surface area contributed by atoms with Crippen LogP contribution in [0.2, 0.25) is 0 Å². The van der Waals surface area contributed by atoms with Crippen molar-refractivity contribution in [1.29, 1.82) is 0 Å². The molecule has 0 spiro atoms. The number of rotatable bonds is 5. The number of hydrogen-bond donors (Lipinski definition) is 1. The van der Waals surface area contributed by atoms with Crippen molar-refractivity contribution in [2.45, 2.75) is 53.0 Å². The minimum Gasteiger partial charge on any atom is -0.322 e. The van der Waals surface area contributed by atoms with E-state index in [1.807, 2.05) is 0 Å². The summed E-state index contributed by atoms with van der Waals surface area (Å²) in [5, 5.41) is 1.12. The maximum Gasteiger partial charge on any atom is 0.110 e. The molecule has 1 atom stereocenters. The van der Waals surface area contributed by atoms with Crippen LogP contribution in [0.1, 0.15) is 55.7 Å². The highest BCUT2D eigenvalue weighted by Crippen LogP contribution is 2.27. The van der Waals surface area contributed by atoms with Crippen molar-refractivity contribution in [2.75, 3.05) is 0 Å². The highest BCUT2D eigenvalue weighted by Gasteiger charge is 2.17. The van der Waals surface area contributed by atoms with Gasteiger partial charge in [0, 0.05) is 4.88 Å². The van der Waals surface area contributed by atoms with E-state index in [1.54, 1.807) is 11.3 Å². The molecule has 15 heavy (non-hydrogen) atoms. The molecular weight excluding hydrogens is 204 g/mol. The van der Waals surface area contributed by atoms with Gasteiger partial charge in [0.05, 0.1) is 11.7 Å². The minimum atomic E-state index is 0.103. The SMILES string of the molecule is CCCc1nc(C(N)C(C)C)sc1CC. The van der Waals surface area contributed by atoms with E-state index < -0.39 is 0 Å². The first kappa shape index (κ1) is 12.7. The third-order valence-corrected chi connectivity index (χ3v) is 3.95. The Kier molecular flexibility index (Phi) is 4.74. The molecule has 3 heteroatoms. The first-order valence-corrected chi connectivity index (χ1v) is 6.65. The lowest BCUT2D eigenvalue weighted by Gasteiger charge is -2.11. The Balaban J connectivity index is 2.91. The summed E-state index contributed by atoms with van der Waals surface area (Å²) in [6.45, 7) is 8.69. The van der Waals surface area contributed by atoms with Crippen LogP contribution in [-0.4, -0.2) is 4.98 Å². The fraction of sp³-hybridized carbons (Fsp3) is 0.750. The fourth-order valence-electron chi connectivity index (χ4n) is 1.54. The molecular formula is C12H22N2S. The summed E-state index contributed by atoms with van der Waals surface area (Å²) in [5.41, 5.74) is 7.39. The van der Waals surface area contributed by atoms with Crippen LogP contribution >= 0.6 is 11.3 Å². The summed E-state index contributed by atoms with van der Waals surface area (Å²) in [6, 6.07) is 0.103. The summed E-state index contributed by atoms with van der Waals surface area (Å²) in [5.74, 6) is 0.468. The van der Waals surface area contributed by atoms with Crippen molar-refractivity contribution in [3.63, 3.8) is 0 Å². The largest absolute Gasteiger partial charge is 0.322 e. The smallest absolute Gasteiger partial charge is 0.110 e. The van der Waals surface area contributed by atoms with E-state index in [9.17, 15) is 0 Å². The lowest BCUT2D eigenvalue weighted by Crippen LogP contribution is -2.16. The van der Waals surface area contributed by atoms with Crippen LogP contribution in [0.25, 0.3) is 0 Å². The van der Waals surface area contributed by atoms with Gasteiger partial charge in [-0.1, -0.05) is 34.1 Å².